The molecule has 1 aliphatic rings. The van der Waals surface area contributed by atoms with Crippen LogP contribution < -0.4 is 10.6 Å². The van der Waals surface area contributed by atoms with Gasteiger partial charge >= 0.3 is 6.09 Å². The summed E-state index contributed by atoms with van der Waals surface area (Å²) < 4.78 is 32.8. The van der Waals surface area contributed by atoms with E-state index in [9.17, 15) is 13.6 Å². The Kier molecular flexibility index (Phi) is 10.1. The van der Waals surface area contributed by atoms with Crippen LogP contribution in [0.5, 0.6) is 0 Å². The van der Waals surface area contributed by atoms with E-state index in [1.54, 1.807) is 0 Å². The molecule has 9 heteroatoms. The second-order valence-electron chi connectivity index (χ2n) is 7.76. The average molecular weight is 524 g/mol. The number of alkyl carbamates (subject to hydrolysis) is 1. The average Bonchev–Trinajstić information content (AvgIpc) is 3.03. The first-order valence-corrected chi connectivity index (χ1v) is 9.65. The fourth-order valence-corrected chi connectivity index (χ4v) is 3.02. The molecule has 1 aromatic carbocycles. The monoisotopic (exact) mass is 524 g/mol. The van der Waals surface area contributed by atoms with E-state index < -0.39 is 23.3 Å². The lowest BCUT2D eigenvalue weighted by molar-refractivity contribution is 0.0507. The van der Waals surface area contributed by atoms with Gasteiger partial charge in [-0.05, 0) is 52.7 Å². The van der Waals surface area contributed by atoms with Crippen LogP contribution in [-0.2, 0) is 11.2 Å². The molecule has 1 aliphatic heterocycles. The van der Waals surface area contributed by atoms with Gasteiger partial charge in [0, 0.05) is 31.7 Å². The Morgan fingerprint density at radius 2 is 1.97 bits per heavy atom. The molecule has 1 aromatic rings. The third-order valence-corrected chi connectivity index (χ3v) is 4.23. The minimum Gasteiger partial charge on any atom is -0.444 e. The van der Waals surface area contributed by atoms with Crippen molar-refractivity contribution >= 4 is 36.0 Å². The molecular weight excluding hydrogens is 493 g/mol. The van der Waals surface area contributed by atoms with E-state index in [1.807, 2.05) is 32.6 Å². The molecule has 0 aromatic heterocycles. The smallest absolute Gasteiger partial charge is 0.407 e. The molecule has 6 nitrogen and oxygen atoms in total. The van der Waals surface area contributed by atoms with Gasteiger partial charge in [0.15, 0.2) is 5.96 Å². The van der Waals surface area contributed by atoms with Gasteiger partial charge in [0.05, 0.1) is 6.04 Å². The number of carbonyl (C=O) groups excluding carboxylic acids is 1. The highest BCUT2D eigenvalue weighted by atomic mass is 127. The first-order chi connectivity index (χ1) is 13.2. The summed E-state index contributed by atoms with van der Waals surface area (Å²) in [6.07, 6.45) is 0.517. The maximum absolute atomic E-state index is 13.7. The molecular formula is C20H31F2IN4O2. The predicted octanol–water partition coefficient (Wildman–Crippen LogP) is 3.69. The van der Waals surface area contributed by atoms with Crippen LogP contribution in [0.1, 0.15) is 39.7 Å². The zero-order valence-corrected chi connectivity index (χ0v) is 19.8. The molecule has 1 fully saturated rings. The first kappa shape index (κ1) is 25.4. The van der Waals surface area contributed by atoms with Crippen molar-refractivity contribution in [3.05, 3.63) is 35.4 Å². The molecule has 0 saturated carbocycles. The van der Waals surface area contributed by atoms with Crippen molar-refractivity contribution in [2.75, 3.05) is 26.2 Å². The fraction of sp³-hybridized carbons (Fsp3) is 0.600. The van der Waals surface area contributed by atoms with Crippen molar-refractivity contribution < 1.29 is 18.3 Å². The van der Waals surface area contributed by atoms with E-state index >= 15 is 0 Å². The van der Waals surface area contributed by atoms with E-state index in [4.69, 9.17) is 4.74 Å². The Morgan fingerprint density at radius 3 is 2.55 bits per heavy atom. The van der Waals surface area contributed by atoms with Gasteiger partial charge in [-0.2, -0.15) is 0 Å². The summed E-state index contributed by atoms with van der Waals surface area (Å²) in [5.41, 5.74) is -0.492. The number of guanidine groups is 1. The van der Waals surface area contributed by atoms with Crippen molar-refractivity contribution in [3.8, 4) is 0 Å². The second-order valence-corrected chi connectivity index (χ2v) is 7.76. The number of ether oxygens (including phenoxy) is 1. The number of rotatable bonds is 5. The van der Waals surface area contributed by atoms with Crippen LogP contribution in [0.4, 0.5) is 13.6 Å². The Morgan fingerprint density at radius 1 is 1.31 bits per heavy atom. The second kappa shape index (κ2) is 11.5. The van der Waals surface area contributed by atoms with Crippen LogP contribution in [0.15, 0.2) is 23.2 Å². The van der Waals surface area contributed by atoms with Crippen LogP contribution in [0.25, 0.3) is 0 Å². The summed E-state index contributed by atoms with van der Waals surface area (Å²) in [6, 6.07) is 3.81. The molecule has 1 saturated heterocycles. The normalized spacial score (nSPS) is 17.0. The summed E-state index contributed by atoms with van der Waals surface area (Å²) in [6.45, 7) is 9.68. The molecule has 1 amide bonds. The first-order valence-electron chi connectivity index (χ1n) is 9.65. The minimum absolute atomic E-state index is 0. The van der Waals surface area contributed by atoms with Gasteiger partial charge in [-0.3, -0.25) is 4.99 Å². The van der Waals surface area contributed by atoms with Crippen molar-refractivity contribution in [2.45, 2.75) is 52.2 Å². The number of aliphatic imine (C=N–C) groups is 1. The molecule has 2 rings (SSSR count). The third-order valence-electron chi connectivity index (χ3n) is 4.23. The highest BCUT2D eigenvalue weighted by molar-refractivity contribution is 14.0. The van der Waals surface area contributed by atoms with Gasteiger partial charge in [-0.25, -0.2) is 13.6 Å². The van der Waals surface area contributed by atoms with Crippen LogP contribution in [0, 0.1) is 11.6 Å². The standard InChI is InChI=1S/C20H30F2N4O2.HI/c1-5-23-18(24-11-9-15-16(21)7-6-8-17(15)22)26-12-10-14(13-26)25-19(27)28-20(2,3)4;/h6-8,14H,5,9-13H2,1-4H3,(H,23,24)(H,25,27);1H. The Bertz CT molecular complexity index is 690. The van der Waals surface area contributed by atoms with Crippen LogP contribution in [-0.4, -0.2) is 54.8 Å². The third kappa shape index (κ3) is 8.31. The SMILES string of the molecule is CCNC(=NCCc1c(F)cccc1F)N1CCC(NC(=O)OC(C)(C)C)C1.I. The van der Waals surface area contributed by atoms with E-state index in [1.165, 1.54) is 18.2 Å². The molecule has 2 N–H and O–H groups in total. The maximum atomic E-state index is 13.7. The van der Waals surface area contributed by atoms with Crippen LogP contribution >= 0.6 is 24.0 Å². The van der Waals surface area contributed by atoms with E-state index in [0.717, 1.165) is 13.0 Å². The number of halogens is 3. The quantitative estimate of drug-likeness (QED) is 0.351. The predicted molar refractivity (Wildman–Crippen MR) is 121 cm³/mol. The van der Waals surface area contributed by atoms with Crippen molar-refractivity contribution in [1.29, 1.82) is 0 Å². The Labute approximate surface area is 188 Å². The number of nitrogens with zero attached hydrogens (tertiary/aromatic N) is 2. The Balaban J connectivity index is 0.00000420. The minimum atomic E-state index is -0.553. The van der Waals surface area contributed by atoms with Gasteiger partial charge in [0.1, 0.15) is 17.2 Å². The summed E-state index contributed by atoms with van der Waals surface area (Å²) in [5, 5.41) is 6.07. The van der Waals surface area contributed by atoms with Crippen molar-refractivity contribution in [2.24, 2.45) is 4.99 Å². The molecule has 164 valence electrons. The van der Waals surface area contributed by atoms with Gasteiger partial charge in [0.2, 0.25) is 0 Å². The molecule has 29 heavy (non-hydrogen) atoms. The maximum Gasteiger partial charge on any atom is 0.407 e. The Hall–Kier alpha value is -1.65. The molecule has 0 bridgehead atoms. The number of nitrogens with one attached hydrogen (secondary N) is 2. The number of likely N-dealkylation sites (tertiary alicyclic amines) is 1. The van der Waals surface area contributed by atoms with Crippen LogP contribution in [0.2, 0.25) is 0 Å². The van der Waals surface area contributed by atoms with Gasteiger partial charge < -0.3 is 20.3 Å². The highest BCUT2D eigenvalue weighted by Crippen LogP contribution is 2.14. The van der Waals surface area contributed by atoms with Gasteiger partial charge in [-0.1, -0.05) is 6.07 Å². The number of hydrogen-bond acceptors (Lipinski definition) is 3. The summed E-state index contributed by atoms with van der Waals surface area (Å²) in [5.74, 6) is -0.432. The molecule has 0 aliphatic carbocycles. The lowest BCUT2D eigenvalue weighted by atomic mass is 10.1. The number of hydrogen-bond donors (Lipinski definition) is 2. The molecule has 0 spiro atoms. The topological polar surface area (TPSA) is 66.0 Å². The molecule has 1 heterocycles. The van der Waals surface area contributed by atoms with E-state index in [-0.39, 0.29) is 48.5 Å². The zero-order chi connectivity index (χ0) is 20.7. The van der Waals surface area contributed by atoms with E-state index in [2.05, 4.69) is 15.6 Å². The van der Waals surface area contributed by atoms with Crippen molar-refractivity contribution in [3.63, 3.8) is 0 Å². The number of benzene rings is 1. The summed E-state index contributed by atoms with van der Waals surface area (Å²) >= 11 is 0. The zero-order valence-electron chi connectivity index (χ0n) is 17.4. The van der Waals surface area contributed by atoms with Crippen molar-refractivity contribution in [1.82, 2.24) is 15.5 Å². The van der Waals surface area contributed by atoms with E-state index in [0.29, 0.717) is 19.0 Å². The van der Waals surface area contributed by atoms with Gasteiger partial charge in [-0.15, -0.1) is 24.0 Å². The van der Waals surface area contributed by atoms with Crippen LogP contribution in [0.3, 0.4) is 0 Å². The molecule has 1 atom stereocenters. The summed E-state index contributed by atoms with van der Waals surface area (Å²) in [7, 11) is 0. The molecule has 0 radical (unpaired) electrons. The lowest BCUT2D eigenvalue weighted by Gasteiger charge is -2.23. The molecule has 1 unspecified atom stereocenters. The largest absolute Gasteiger partial charge is 0.444 e. The van der Waals surface area contributed by atoms with Gasteiger partial charge in [0.25, 0.3) is 0 Å². The fourth-order valence-electron chi connectivity index (χ4n) is 3.02. The highest BCUT2D eigenvalue weighted by Gasteiger charge is 2.27. The number of carbonyl (C=O) groups is 1. The number of amides is 1. The summed E-state index contributed by atoms with van der Waals surface area (Å²) in [4.78, 5) is 18.5. The lowest BCUT2D eigenvalue weighted by Crippen LogP contribution is -2.44.